The van der Waals surface area contributed by atoms with Crippen LogP contribution in [0.5, 0.6) is 0 Å². The fourth-order valence-corrected chi connectivity index (χ4v) is 3.05. The molecule has 10 heteroatoms. The average molecular weight is 347 g/mol. The summed E-state index contributed by atoms with van der Waals surface area (Å²) in [6.07, 6.45) is 0.00308. The van der Waals surface area contributed by atoms with Gasteiger partial charge >= 0.3 is 0 Å². The van der Waals surface area contributed by atoms with Crippen molar-refractivity contribution in [3.63, 3.8) is 0 Å². The largest absolute Gasteiger partial charge is 0.396 e. The number of imide groups is 2. The normalized spacial score (nSPS) is 19.9. The van der Waals surface area contributed by atoms with Crippen molar-refractivity contribution in [1.82, 2.24) is 10.2 Å². The number of piperidine rings is 1. The van der Waals surface area contributed by atoms with Gasteiger partial charge in [0.05, 0.1) is 10.5 Å². The fraction of sp³-hybridized carbons (Fsp3) is 0.333. The molecule has 1 aromatic rings. The molecule has 4 amide bonds. The lowest BCUT2D eigenvalue weighted by atomic mass is 10.0. The lowest BCUT2D eigenvalue weighted by molar-refractivity contribution is -0.385. The van der Waals surface area contributed by atoms with Gasteiger partial charge in [-0.2, -0.15) is 0 Å². The van der Waals surface area contributed by atoms with Gasteiger partial charge in [0.15, 0.2) is 0 Å². The van der Waals surface area contributed by atoms with Gasteiger partial charge in [-0.15, -0.1) is 0 Å². The summed E-state index contributed by atoms with van der Waals surface area (Å²) in [6.45, 7) is -0.283. The van der Waals surface area contributed by atoms with E-state index < -0.39 is 40.3 Å². The third-order valence-corrected chi connectivity index (χ3v) is 4.18. The molecule has 2 aliphatic heterocycles. The highest BCUT2D eigenvalue weighted by Gasteiger charge is 2.47. The van der Waals surface area contributed by atoms with Crippen molar-refractivity contribution in [2.75, 3.05) is 6.61 Å². The van der Waals surface area contributed by atoms with Crippen LogP contribution >= 0.6 is 0 Å². The van der Waals surface area contributed by atoms with Crippen LogP contribution < -0.4 is 5.32 Å². The first-order valence-electron chi connectivity index (χ1n) is 7.49. The van der Waals surface area contributed by atoms with Crippen LogP contribution in [0.15, 0.2) is 12.1 Å². The van der Waals surface area contributed by atoms with E-state index in [1.165, 1.54) is 6.07 Å². The minimum atomic E-state index is -1.19. The Kier molecular flexibility index (Phi) is 4.05. The van der Waals surface area contributed by atoms with Gasteiger partial charge in [-0.25, -0.2) is 0 Å². The monoisotopic (exact) mass is 347 g/mol. The first-order valence-corrected chi connectivity index (χ1v) is 7.49. The van der Waals surface area contributed by atoms with E-state index in [-0.39, 0.29) is 37.0 Å². The van der Waals surface area contributed by atoms with Crippen LogP contribution in [0.2, 0.25) is 0 Å². The van der Waals surface area contributed by atoms with E-state index in [2.05, 4.69) is 5.32 Å². The maximum Gasteiger partial charge on any atom is 0.283 e. The number of hydrogen-bond acceptors (Lipinski definition) is 7. The molecule has 2 N–H and O–H groups in total. The number of carbonyl (C=O) groups excluding carboxylic acids is 4. The number of aliphatic hydroxyl groups excluding tert-OH is 1. The number of carbonyl (C=O) groups is 4. The van der Waals surface area contributed by atoms with Crippen molar-refractivity contribution in [1.29, 1.82) is 0 Å². The predicted molar refractivity (Wildman–Crippen MR) is 80.6 cm³/mol. The molecule has 0 aromatic heterocycles. The third kappa shape index (κ3) is 2.66. The smallest absolute Gasteiger partial charge is 0.283 e. The molecule has 0 saturated carbocycles. The Morgan fingerprint density at radius 1 is 1.24 bits per heavy atom. The zero-order valence-corrected chi connectivity index (χ0v) is 12.9. The molecule has 130 valence electrons. The summed E-state index contributed by atoms with van der Waals surface area (Å²) >= 11 is 0. The SMILES string of the molecule is O=C1CCC(N2C(=O)c3cc(CCO)cc([N+](=O)[O-])c3C2=O)C(=O)N1. The van der Waals surface area contributed by atoms with Crippen molar-refractivity contribution >= 4 is 29.3 Å². The lowest BCUT2D eigenvalue weighted by Crippen LogP contribution is -2.54. The Labute approximate surface area is 140 Å². The Morgan fingerprint density at radius 3 is 2.56 bits per heavy atom. The number of nitro groups is 1. The zero-order chi connectivity index (χ0) is 18.3. The molecular formula is C15H13N3O7. The maximum atomic E-state index is 12.6. The number of aliphatic hydroxyl groups is 1. The molecule has 0 radical (unpaired) electrons. The second-order valence-electron chi connectivity index (χ2n) is 5.72. The summed E-state index contributed by atoms with van der Waals surface area (Å²) in [5.74, 6) is -3.05. The quantitative estimate of drug-likeness (QED) is 0.425. The van der Waals surface area contributed by atoms with Gasteiger partial charge in [-0.3, -0.25) is 39.5 Å². The van der Waals surface area contributed by atoms with E-state index in [1.807, 2.05) is 0 Å². The number of fused-ring (bicyclic) bond motifs is 1. The van der Waals surface area contributed by atoms with Crippen LogP contribution in [-0.4, -0.2) is 51.2 Å². The van der Waals surface area contributed by atoms with Crippen LogP contribution in [0.25, 0.3) is 0 Å². The van der Waals surface area contributed by atoms with Crippen LogP contribution in [0, 0.1) is 10.1 Å². The van der Waals surface area contributed by atoms with E-state index >= 15 is 0 Å². The summed E-state index contributed by atoms with van der Waals surface area (Å²) in [7, 11) is 0. The highest BCUT2D eigenvalue weighted by atomic mass is 16.6. The summed E-state index contributed by atoms with van der Waals surface area (Å²) in [5, 5.41) is 22.4. The fourth-order valence-electron chi connectivity index (χ4n) is 3.05. The molecule has 1 atom stereocenters. The number of amides is 4. The Balaban J connectivity index is 2.07. The van der Waals surface area contributed by atoms with E-state index in [9.17, 15) is 29.3 Å². The van der Waals surface area contributed by atoms with Crippen LogP contribution in [0.1, 0.15) is 39.1 Å². The van der Waals surface area contributed by atoms with Crippen molar-refractivity contribution in [3.8, 4) is 0 Å². The lowest BCUT2D eigenvalue weighted by Gasteiger charge is -2.27. The number of nitro benzene ring substituents is 1. The summed E-state index contributed by atoms with van der Waals surface area (Å²) in [5.41, 5.74) is -0.762. The molecule has 1 aromatic carbocycles. The zero-order valence-electron chi connectivity index (χ0n) is 12.9. The van der Waals surface area contributed by atoms with Crippen molar-refractivity contribution in [2.24, 2.45) is 0 Å². The molecule has 2 aliphatic rings. The van der Waals surface area contributed by atoms with E-state index in [0.29, 0.717) is 10.5 Å². The van der Waals surface area contributed by atoms with Gasteiger partial charge in [0.1, 0.15) is 11.6 Å². The predicted octanol–water partition coefficient (Wildman–Crippen LogP) is -0.469. The standard InChI is InChI=1S/C15H13N3O7/c19-4-3-7-5-8-12(10(6-7)18(24)25)15(23)17(14(8)22)9-1-2-11(20)16-13(9)21/h5-6,9,19H,1-4H2,(H,16,20,21). The Morgan fingerprint density at radius 2 is 1.96 bits per heavy atom. The van der Waals surface area contributed by atoms with Crippen molar-refractivity contribution in [3.05, 3.63) is 38.9 Å². The topological polar surface area (TPSA) is 147 Å². The van der Waals surface area contributed by atoms with Crippen molar-refractivity contribution in [2.45, 2.75) is 25.3 Å². The second kappa shape index (κ2) is 6.06. The molecule has 1 saturated heterocycles. The van der Waals surface area contributed by atoms with Crippen LogP contribution in [-0.2, 0) is 16.0 Å². The minimum Gasteiger partial charge on any atom is -0.396 e. The molecule has 2 heterocycles. The van der Waals surface area contributed by atoms with Gasteiger partial charge in [-0.1, -0.05) is 0 Å². The minimum absolute atomic E-state index is 0.0343. The van der Waals surface area contributed by atoms with Gasteiger partial charge in [0.2, 0.25) is 11.8 Å². The van der Waals surface area contributed by atoms with Gasteiger partial charge in [0, 0.05) is 19.1 Å². The first-order chi connectivity index (χ1) is 11.8. The van der Waals surface area contributed by atoms with E-state index in [4.69, 9.17) is 5.11 Å². The number of nitrogens with one attached hydrogen (secondary N) is 1. The molecule has 0 aliphatic carbocycles. The van der Waals surface area contributed by atoms with Crippen molar-refractivity contribution < 1.29 is 29.2 Å². The number of rotatable bonds is 4. The summed E-state index contributed by atoms with van der Waals surface area (Å²) in [6, 6.07) is 1.25. The molecular weight excluding hydrogens is 334 g/mol. The second-order valence-corrected chi connectivity index (χ2v) is 5.72. The van der Waals surface area contributed by atoms with Crippen LogP contribution in [0.4, 0.5) is 5.69 Å². The molecule has 0 spiro atoms. The molecule has 1 fully saturated rings. The number of hydrogen-bond donors (Lipinski definition) is 2. The molecule has 3 rings (SSSR count). The van der Waals surface area contributed by atoms with Gasteiger partial charge in [-0.05, 0) is 24.5 Å². The summed E-state index contributed by atoms with van der Waals surface area (Å²) < 4.78 is 0. The summed E-state index contributed by atoms with van der Waals surface area (Å²) in [4.78, 5) is 59.6. The van der Waals surface area contributed by atoms with Gasteiger partial charge < -0.3 is 5.11 Å². The third-order valence-electron chi connectivity index (χ3n) is 4.18. The number of nitrogens with zero attached hydrogens (tertiary/aromatic N) is 2. The maximum absolute atomic E-state index is 12.6. The number of benzene rings is 1. The Hall–Kier alpha value is -3.14. The highest BCUT2D eigenvalue weighted by molar-refractivity contribution is 6.25. The highest BCUT2D eigenvalue weighted by Crippen LogP contribution is 2.34. The van der Waals surface area contributed by atoms with E-state index in [0.717, 1.165) is 6.07 Å². The first kappa shape index (κ1) is 16.7. The average Bonchev–Trinajstić information content (AvgIpc) is 2.79. The Bertz CT molecular complexity index is 833. The molecule has 1 unspecified atom stereocenters. The molecule has 0 bridgehead atoms. The van der Waals surface area contributed by atoms with E-state index in [1.54, 1.807) is 0 Å². The molecule has 10 nitrogen and oxygen atoms in total. The van der Waals surface area contributed by atoms with Crippen LogP contribution in [0.3, 0.4) is 0 Å². The van der Waals surface area contributed by atoms with Gasteiger partial charge in [0.25, 0.3) is 17.5 Å². The molecule has 25 heavy (non-hydrogen) atoms.